The van der Waals surface area contributed by atoms with Gasteiger partial charge in [-0.25, -0.2) is 13.2 Å². The summed E-state index contributed by atoms with van der Waals surface area (Å²) in [5.74, 6) is -0.265. The van der Waals surface area contributed by atoms with E-state index in [0.717, 1.165) is 48.5 Å². The van der Waals surface area contributed by atoms with E-state index in [1.807, 2.05) is 0 Å². The van der Waals surface area contributed by atoms with Gasteiger partial charge in [0.25, 0.3) is 15.9 Å². The van der Waals surface area contributed by atoms with E-state index in [1.54, 1.807) is 24.3 Å². The summed E-state index contributed by atoms with van der Waals surface area (Å²) in [7, 11) is -1.33. The van der Waals surface area contributed by atoms with Crippen molar-refractivity contribution in [2.24, 2.45) is 0 Å². The predicted molar refractivity (Wildman–Crippen MR) is 153 cm³/mol. The van der Waals surface area contributed by atoms with Crippen molar-refractivity contribution in [2.75, 3.05) is 63.2 Å². The summed E-state index contributed by atoms with van der Waals surface area (Å²) >= 11 is 4.31. The van der Waals surface area contributed by atoms with Crippen LogP contribution in [0.3, 0.4) is 0 Å². The lowest BCUT2D eigenvalue weighted by Gasteiger charge is -2.26. The Bertz CT molecular complexity index is 1400. The van der Waals surface area contributed by atoms with Gasteiger partial charge in [-0.2, -0.15) is 0 Å². The normalized spacial score (nSPS) is 14.0. The number of halogens is 1. The van der Waals surface area contributed by atoms with Crippen LogP contribution in [0.4, 0.5) is 11.4 Å². The molecule has 1 aromatic heterocycles. The van der Waals surface area contributed by atoms with E-state index in [9.17, 15) is 18.0 Å². The van der Waals surface area contributed by atoms with Crippen molar-refractivity contribution >= 4 is 60.5 Å². The van der Waals surface area contributed by atoms with Crippen molar-refractivity contribution in [3.63, 3.8) is 0 Å². The smallest absolute Gasteiger partial charge is 0.337 e. The molecule has 0 unspecified atom stereocenters. The van der Waals surface area contributed by atoms with Crippen LogP contribution >= 0.6 is 27.3 Å². The fourth-order valence-electron chi connectivity index (χ4n) is 3.80. The highest BCUT2D eigenvalue weighted by Crippen LogP contribution is 2.35. The Morgan fingerprint density at radius 3 is 2.41 bits per heavy atom. The fraction of sp³-hybridized carbons (Fsp3) is 0.308. The monoisotopic (exact) mass is 637 g/mol. The zero-order valence-corrected chi connectivity index (χ0v) is 24.6. The topological polar surface area (TPSA) is 114 Å². The van der Waals surface area contributed by atoms with Gasteiger partial charge in [0.1, 0.15) is 17.3 Å². The third-order valence-corrected chi connectivity index (χ3v) is 10.1. The molecule has 0 saturated carbocycles. The molecule has 1 N–H and O–H groups in total. The fourth-order valence-corrected chi connectivity index (χ4v) is 7.40. The number of esters is 1. The molecule has 13 heteroatoms. The minimum Gasteiger partial charge on any atom is -0.492 e. The summed E-state index contributed by atoms with van der Waals surface area (Å²) in [6.45, 7) is 4.65. The van der Waals surface area contributed by atoms with E-state index >= 15 is 0 Å². The molecule has 0 radical (unpaired) electrons. The van der Waals surface area contributed by atoms with E-state index in [1.165, 1.54) is 44.5 Å². The van der Waals surface area contributed by atoms with Gasteiger partial charge in [-0.3, -0.25) is 14.0 Å². The number of hydrogen-bond donors (Lipinski definition) is 1. The lowest BCUT2D eigenvalue weighted by Crippen LogP contribution is -2.38. The summed E-state index contributed by atoms with van der Waals surface area (Å²) in [5, 5.41) is 2.79. The summed E-state index contributed by atoms with van der Waals surface area (Å²) in [6, 6.07) is 14.3. The lowest BCUT2D eigenvalue weighted by atomic mass is 10.2. The number of rotatable bonds is 10. The first-order chi connectivity index (χ1) is 18.7. The molecule has 2 heterocycles. The molecular formula is C26H28BrN3O7S2. The standard InChI is InChI=1S/C26H28BrN3O7S2/c1-29(20-7-3-18(4-8-20)26(32)35-2)39(33,34)23-17-22(38-24(23)27)25(31)28-19-5-9-21(10-6-19)37-16-13-30-11-14-36-15-12-30/h3-10,17H,11-16H2,1-2H3,(H,28,31). The van der Waals surface area contributed by atoms with Crippen molar-refractivity contribution in [3.8, 4) is 5.75 Å². The average molecular weight is 639 g/mol. The maximum atomic E-state index is 13.3. The number of thiophene rings is 1. The molecule has 1 saturated heterocycles. The van der Waals surface area contributed by atoms with E-state index in [0.29, 0.717) is 33.1 Å². The first-order valence-electron chi connectivity index (χ1n) is 12.0. The number of sulfonamides is 1. The van der Waals surface area contributed by atoms with Crippen molar-refractivity contribution in [3.05, 3.63) is 68.8 Å². The maximum Gasteiger partial charge on any atom is 0.337 e. The van der Waals surface area contributed by atoms with Crippen LogP contribution in [0.25, 0.3) is 0 Å². The highest BCUT2D eigenvalue weighted by atomic mass is 79.9. The van der Waals surface area contributed by atoms with Gasteiger partial charge in [0, 0.05) is 32.4 Å². The molecule has 0 bridgehead atoms. The number of carbonyl (C=O) groups is 2. The zero-order valence-electron chi connectivity index (χ0n) is 21.4. The van der Waals surface area contributed by atoms with Gasteiger partial charge in [-0.05, 0) is 70.5 Å². The largest absolute Gasteiger partial charge is 0.492 e. The van der Waals surface area contributed by atoms with Crippen molar-refractivity contribution in [2.45, 2.75) is 4.90 Å². The van der Waals surface area contributed by atoms with Crippen LogP contribution in [-0.4, -0.2) is 78.8 Å². The summed E-state index contributed by atoms with van der Waals surface area (Å²) < 4.78 is 43.8. The molecular weight excluding hydrogens is 610 g/mol. The Morgan fingerprint density at radius 1 is 1.10 bits per heavy atom. The van der Waals surface area contributed by atoms with Gasteiger partial charge in [0.05, 0.1) is 40.2 Å². The molecule has 1 amide bonds. The molecule has 2 aromatic carbocycles. The second kappa shape index (κ2) is 12.9. The number of nitrogens with zero attached hydrogens (tertiary/aromatic N) is 2. The number of amides is 1. The molecule has 1 fully saturated rings. The van der Waals surface area contributed by atoms with Crippen LogP contribution in [0, 0.1) is 0 Å². The molecule has 39 heavy (non-hydrogen) atoms. The molecule has 4 rings (SSSR count). The Morgan fingerprint density at radius 2 is 1.77 bits per heavy atom. The highest BCUT2D eigenvalue weighted by Gasteiger charge is 2.28. The van der Waals surface area contributed by atoms with Crippen LogP contribution in [0.15, 0.2) is 63.3 Å². The summed E-state index contributed by atoms with van der Waals surface area (Å²) in [5.41, 5.74) is 1.20. The maximum absolute atomic E-state index is 13.3. The minimum atomic E-state index is -4.00. The third-order valence-electron chi connectivity index (χ3n) is 6.06. The molecule has 0 atom stereocenters. The molecule has 3 aromatic rings. The molecule has 0 spiro atoms. The van der Waals surface area contributed by atoms with Crippen molar-refractivity contribution in [1.82, 2.24) is 4.90 Å². The van der Waals surface area contributed by atoms with Crippen LogP contribution in [0.2, 0.25) is 0 Å². The molecule has 10 nitrogen and oxygen atoms in total. The van der Waals surface area contributed by atoms with Gasteiger partial charge in [-0.1, -0.05) is 0 Å². The second-order valence-corrected chi connectivity index (χ2v) is 12.8. The number of hydrogen-bond acceptors (Lipinski definition) is 9. The number of carbonyl (C=O) groups excluding carboxylic acids is 2. The van der Waals surface area contributed by atoms with Gasteiger partial charge in [0.15, 0.2) is 0 Å². The number of nitrogens with one attached hydrogen (secondary N) is 1. The first-order valence-corrected chi connectivity index (χ1v) is 15.0. The number of benzene rings is 2. The van der Waals surface area contributed by atoms with Gasteiger partial charge in [0.2, 0.25) is 0 Å². The van der Waals surface area contributed by atoms with Crippen LogP contribution < -0.4 is 14.4 Å². The first kappa shape index (κ1) is 29.0. The average Bonchev–Trinajstić information content (AvgIpc) is 3.36. The molecule has 208 valence electrons. The third kappa shape index (κ3) is 7.17. The van der Waals surface area contributed by atoms with Gasteiger partial charge < -0.3 is 19.5 Å². The Kier molecular flexibility index (Phi) is 9.62. The quantitative estimate of drug-likeness (QED) is 0.331. The number of anilines is 2. The summed E-state index contributed by atoms with van der Waals surface area (Å²) in [4.78, 5) is 27.0. The van der Waals surface area contributed by atoms with Crippen LogP contribution in [0.5, 0.6) is 5.75 Å². The van der Waals surface area contributed by atoms with E-state index in [4.69, 9.17) is 9.47 Å². The van der Waals surface area contributed by atoms with Crippen molar-refractivity contribution < 1.29 is 32.2 Å². The van der Waals surface area contributed by atoms with E-state index in [-0.39, 0.29) is 9.77 Å². The number of ether oxygens (including phenoxy) is 3. The Labute approximate surface area is 239 Å². The van der Waals surface area contributed by atoms with Gasteiger partial charge >= 0.3 is 5.97 Å². The zero-order chi connectivity index (χ0) is 28.0. The van der Waals surface area contributed by atoms with Gasteiger partial charge in [-0.15, -0.1) is 11.3 Å². The Balaban J connectivity index is 1.37. The predicted octanol–water partition coefficient (Wildman–Crippen LogP) is 4.09. The number of methoxy groups -OCH3 is 1. The SMILES string of the molecule is COC(=O)c1ccc(N(C)S(=O)(=O)c2cc(C(=O)Nc3ccc(OCCN4CCOCC4)cc3)sc2Br)cc1. The van der Waals surface area contributed by atoms with E-state index < -0.39 is 21.9 Å². The highest BCUT2D eigenvalue weighted by molar-refractivity contribution is 9.11. The molecule has 0 aliphatic carbocycles. The minimum absolute atomic E-state index is 0.0405. The van der Waals surface area contributed by atoms with Crippen LogP contribution in [0.1, 0.15) is 20.0 Å². The lowest BCUT2D eigenvalue weighted by molar-refractivity contribution is 0.0322. The molecule has 1 aliphatic rings. The van der Waals surface area contributed by atoms with E-state index in [2.05, 4.69) is 30.9 Å². The molecule has 1 aliphatic heterocycles. The second-order valence-electron chi connectivity index (χ2n) is 8.54. The summed E-state index contributed by atoms with van der Waals surface area (Å²) in [6.07, 6.45) is 0. The van der Waals surface area contributed by atoms with Crippen LogP contribution in [-0.2, 0) is 19.5 Å². The van der Waals surface area contributed by atoms with Crippen molar-refractivity contribution in [1.29, 1.82) is 0 Å². The number of morpholine rings is 1. The Hall–Kier alpha value is -2.97.